The summed E-state index contributed by atoms with van der Waals surface area (Å²) in [6, 6.07) is 48.1. The Bertz CT molecular complexity index is 1160. The zero-order valence-electron chi connectivity index (χ0n) is 17.2. The summed E-state index contributed by atoms with van der Waals surface area (Å²) < 4.78 is 0. The lowest BCUT2D eigenvalue weighted by atomic mass is 10.1. The van der Waals surface area contributed by atoms with Crippen molar-refractivity contribution in [3.05, 3.63) is 140 Å². The molecule has 0 aliphatic rings. The topological polar surface area (TPSA) is 12.9 Å². The Balaban J connectivity index is 1.85. The molecule has 0 saturated carbocycles. The van der Waals surface area contributed by atoms with Crippen LogP contribution in [0.5, 0.6) is 0 Å². The fourth-order valence-electron chi connectivity index (χ4n) is 4.51. The van der Waals surface area contributed by atoms with Crippen molar-refractivity contribution in [3.63, 3.8) is 0 Å². The Morgan fingerprint density at radius 3 is 1.39 bits per heavy atom. The fraction of sp³-hybridized carbons (Fsp3) is 0. The Kier molecular flexibility index (Phi) is 5.30. The molecule has 4 aromatic carbocycles. The predicted octanol–water partition coefficient (Wildman–Crippen LogP) is 4.13. The average molecular weight is 414 g/mol. The van der Waals surface area contributed by atoms with Crippen LogP contribution in [-0.2, 0) is 0 Å². The van der Waals surface area contributed by atoms with Crippen LogP contribution in [0.2, 0.25) is 0 Å². The van der Waals surface area contributed by atoms with Gasteiger partial charge >= 0.3 is 0 Å². The number of nitrogens with zero attached hydrogens (tertiary/aromatic N) is 1. The van der Waals surface area contributed by atoms with Gasteiger partial charge in [0.05, 0.1) is 5.69 Å². The molecule has 0 fully saturated rings. The van der Waals surface area contributed by atoms with Gasteiger partial charge in [0, 0.05) is 11.8 Å². The molecule has 0 spiro atoms. The van der Waals surface area contributed by atoms with E-state index >= 15 is 0 Å². The maximum atomic E-state index is 4.61. The van der Waals surface area contributed by atoms with Crippen molar-refractivity contribution in [2.45, 2.75) is 0 Å². The summed E-state index contributed by atoms with van der Waals surface area (Å²) in [7, 11) is -2.49. The molecule has 0 aliphatic carbocycles. The van der Waals surface area contributed by atoms with Crippen LogP contribution in [0.15, 0.2) is 140 Å². The van der Waals surface area contributed by atoms with E-state index in [4.69, 9.17) is 0 Å². The zero-order chi connectivity index (χ0) is 20.9. The molecule has 2 heteroatoms. The van der Waals surface area contributed by atoms with Crippen molar-refractivity contribution in [3.8, 4) is 11.3 Å². The van der Waals surface area contributed by atoms with Crippen molar-refractivity contribution >= 4 is 28.8 Å². The Hall–Kier alpha value is -3.75. The monoisotopic (exact) mass is 413 g/mol. The summed E-state index contributed by atoms with van der Waals surface area (Å²) in [5.74, 6) is 0. The van der Waals surface area contributed by atoms with Crippen molar-refractivity contribution in [2.75, 3.05) is 0 Å². The average Bonchev–Trinajstić information content (AvgIpc) is 2.87. The molecule has 0 amide bonds. The molecule has 0 atom stereocenters. The number of rotatable bonds is 5. The minimum atomic E-state index is -2.49. The minimum absolute atomic E-state index is 1.00. The van der Waals surface area contributed by atoms with Crippen LogP contribution >= 0.6 is 0 Å². The predicted molar refractivity (Wildman–Crippen MR) is 133 cm³/mol. The molecule has 1 heterocycles. The molecule has 0 unspecified atom stereocenters. The van der Waals surface area contributed by atoms with E-state index in [0.717, 1.165) is 11.3 Å². The Morgan fingerprint density at radius 2 is 0.903 bits per heavy atom. The minimum Gasteiger partial charge on any atom is -0.256 e. The maximum Gasteiger partial charge on any atom is 0.179 e. The second-order valence-electron chi connectivity index (χ2n) is 7.64. The molecule has 0 N–H and O–H groups in total. The first-order chi connectivity index (χ1) is 15.4. The molecule has 148 valence electrons. The highest BCUT2D eigenvalue weighted by molar-refractivity contribution is 7.19. The van der Waals surface area contributed by atoms with Gasteiger partial charge in [0.25, 0.3) is 0 Å². The molecule has 0 saturated heterocycles. The molecule has 0 aliphatic heterocycles. The van der Waals surface area contributed by atoms with E-state index in [9.17, 15) is 0 Å². The van der Waals surface area contributed by atoms with Gasteiger partial charge in [0.15, 0.2) is 8.07 Å². The van der Waals surface area contributed by atoms with Gasteiger partial charge in [0.1, 0.15) is 0 Å². The molecule has 0 radical (unpaired) electrons. The van der Waals surface area contributed by atoms with E-state index in [0.29, 0.717) is 0 Å². The highest BCUT2D eigenvalue weighted by Crippen LogP contribution is 2.17. The molecule has 0 bridgehead atoms. The van der Waals surface area contributed by atoms with E-state index in [-0.39, 0.29) is 0 Å². The van der Waals surface area contributed by atoms with Crippen molar-refractivity contribution in [1.82, 2.24) is 4.98 Å². The van der Waals surface area contributed by atoms with Crippen molar-refractivity contribution < 1.29 is 0 Å². The smallest absolute Gasteiger partial charge is 0.179 e. The molecule has 5 aromatic rings. The molecule has 1 aromatic heterocycles. The van der Waals surface area contributed by atoms with Gasteiger partial charge in [0.2, 0.25) is 0 Å². The Labute approximate surface area is 184 Å². The third-order valence-corrected chi connectivity index (χ3v) is 10.7. The van der Waals surface area contributed by atoms with E-state index in [1.165, 1.54) is 20.7 Å². The van der Waals surface area contributed by atoms with Crippen LogP contribution in [0.3, 0.4) is 0 Å². The first kappa shape index (κ1) is 19.2. The summed E-state index contributed by atoms with van der Waals surface area (Å²) in [5.41, 5.74) is 2.15. The van der Waals surface area contributed by atoms with Crippen LogP contribution in [-0.4, -0.2) is 13.1 Å². The summed E-state index contributed by atoms with van der Waals surface area (Å²) in [6.45, 7) is 0. The van der Waals surface area contributed by atoms with E-state index < -0.39 is 8.07 Å². The number of aromatic nitrogens is 1. The van der Waals surface area contributed by atoms with Gasteiger partial charge < -0.3 is 0 Å². The summed E-state index contributed by atoms with van der Waals surface area (Å²) >= 11 is 0. The highest BCUT2D eigenvalue weighted by Gasteiger charge is 2.41. The van der Waals surface area contributed by atoms with Gasteiger partial charge in [-0.1, -0.05) is 121 Å². The number of benzene rings is 4. The van der Waals surface area contributed by atoms with E-state index in [1.54, 1.807) is 0 Å². The third-order valence-electron chi connectivity index (χ3n) is 5.88. The van der Waals surface area contributed by atoms with Crippen molar-refractivity contribution in [2.24, 2.45) is 0 Å². The third kappa shape index (κ3) is 3.52. The lowest BCUT2D eigenvalue weighted by Crippen LogP contribution is -2.74. The van der Waals surface area contributed by atoms with Crippen LogP contribution in [0.4, 0.5) is 0 Å². The number of hydrogen-bond acceptors (Lipinski definition) is 1. The molecule has 5 rings (SSSR count). The summed E-state index contributed by atoms with van der Waals surface area (Å²) in [4.78, 5) is 4.61. The fourth-order valence-corrected chi connectivity index (χ4v) is 9.31. The van der Waals surface area contributed by atoms with Crippen molar-refractivity contribution in [1.29, 1.82) is 0 Å². The maximum absolute atomic E-state index is 4.61. The van der Waals surface area contributed by atoms with Gasteiger partial charge in [-0.3, -0.25) is 4.98 Å². The van der Waals surface area contributed by atoms with Crippen LogP contribution < -0.4 is 20.7 Å². The van der Waals surface area contributed by atoms with Gasteiger partial charge in [-0.05, 0) is 32.9 Å². The summed E-state index contributed by atoms with van der Waals surface area (Å²) in [5, 5.41) is 5.50. The summed E-state index contributed by atoms with van der Waals surface area (Å²) in [6.07, 6.45) is 1.86. The normalized spacial score (nSPS) is 11.2. The SMILES string of the molecule is c1ccc([Si](c2ccccc2)(c2ccccc2)c2cccc(-c3ccccn3)c2)cc1. The highest BCUT2D eigenvalue weighted by atomic mass is 28.3. The van der Waals surface area contributed by atoms with Gasteiger partial charge in [-0.15, -0.1) is 0 Å². The van der Waals surface area contributed by atoms with Gasteiger partial charge in [-0.2, -0.15) is 0 Å². The molecular weight excluding hydrogens is 390 g/mol. The largest absolute Gasteiger partial charge is 0.256 e. The molecule has 1 nitrogen and oxygen atoms in total. The first-order valence-corrected chi connectivity index (χ1v) is 12.6. The standard InChI is InChI=1S/C29H23NSi/c1-4-14-25(15-5-1)31(26-16-6-2-7-17-26,27-18-8-3-9-19-27)28-20-12-13-24(23-28)29-21-10-11-22-30-29/h1-23H. The van der Waals surface area contributed by atoms with Crippen LogP contribution in [0.1, 0.15) is 0 Å². The second kappa shape index (κ2) is 8.55. The molecular formula is C29H23NSi. The lowest BCUT2D eigenvalue weighted by Gasteiger charge is -2.34. The quantitative estimate of drug-likeness (QED) is 0.312. The number of pyridine rings is 1. The van der Waals surface area contributed by atoms with E-state index in [1.807, 2.05) is 18.3 Å². The van der Waals surface area contributed by atoms with Gasteiger partial charge in [-0.25, -0.2) is 0 Å². The van der Waals surface area contributed by atoms with E-state index in [2.05, 4.69) is 126 Å². The second-order valence-corrected chi connectivity index (χ2v) is 11.5. The first-order valence-electron chi connectivity index (χ1n) is 10.6. The zero-order valence-corrected chi connectivity index (χ0v) is 18.2. The van der Waals surface area contributed by atoms with Crippen LogP contribution in [0.25, 0.3) is 11.3 Å². The van der Waals surface area contributed by atoms with Crippen LogP contribution in [0, 0.1) is 0 Å². The Morgan fingerprint density at radius 1 is 0.419 bits per heavy atom. The molecule has 31 heavy (non-hydrogen) atoms. The lowest BCUT2D eigenvalue weighted by molar-refractivity contribution is 1.33. The number of hydrogen-bond donors (Lipinski definition) is 0.